The molecule has 0 fully saturated rings. The van der Waals surface area contributed by atoms with Gasteiger partial charge in [-0.1, -0.05) is 0 Å². The monoisotopic (exact) mass is 349 g/mol. The van der Waals surface area contributed by atoms with Crippen molar-refractivity contribution in [2.75, 3.05) is 17.6 Å². The summed E-state index contributed by atoms with van der Waals surface area (Å²) in [6, 6.07) is 0.987. The second kappa shape index (κ2) is 5.70. The number of nitrogens with two attached hydrogens (primary N) is 1. The normalized spacial score (nSPS) is 11.6. The number of nitrogen functional groups attached to an aromatic ring is 1. The van der Waals surface area contributed by atoms with Crippen LogP contribution < -0.4 is 11.1 Å². The van der Waals surface area contributed by atoms with Crippen molar-refractivity contribution in [1.29, 1.82) is 0 Å². The summed E-state index contributed by atoms with van der Waals surface area (Å²) >= 11 is 2.98. The molecule has 3 N–H and O–H groups in total. The molecule has 0 atom stereocenters. The minimum atomic E-state index is -4.46. The Hall–Kier alpha value is -1.77. The van der Waals surface area contributed by atoms with E-state index in [9.17, 15) is 13.2 Å². The molecule has 2 aromatic rings. The van der Waals surface area contributed by atoms with Crippen molar-refractivity contribution in [3.05, 3.63) is 34.7 Å². The number of anilines is 2. The Labute approximate surface area is 121 Å². The van der Waals surface area contributed by atoms with Crippen LogP contribution in [0.5, 0.6) is 0 Å². The molecule has 0 aromatic carbocycles. The van der Waals surface area contributed by atoms with E-state index in [1.807, 2.05) is 0 Å². The number of alkyl halides is 3. The molecule has 0 bridgehead atoms. The highest BCUT2D eigenvalue weighted by Gasteiger charge is 2.34. The molecule has 2 heterocycles. The number of halogens is 4. The van der Waals surface area contributed by atoms with E-state index in [0.29, 0.717) is 12.2 Å². The Bertz CT molecular complexity index is 596. The molecule has 20 heavy (non-hydrogen) atoms. The van der Waals surface area contributed by atoms with Gasteiger partial charge in [-0.3, -0.25) is 4.68 Å². The summed E-state index contributed by atoms with van der Waals surface area (Å²) in [6.07, 6.45) is -0.0842. The summed E-state index contributed by atoms with van der Waals surface area (Å²) in [5, 5.41) is 6.58. The number of rotatable bonds is 4. The highest BCUT2D eigenvalue weighted by molar-refractivity contribution is 9.10. The van der Waals surface area contributed by atoms with E-state index in [-0.39, 0.29) is 16.8 Å². The third-order valence-corrected chi connectivity index (χ3v) is 2.88. The van der Waals surface area contributed by atoms with Gasteiger partial charge in [-0.25, -0.2) is 4.98 Å². The van der Waals surface area contributed by atoms with Gasteiger partial charge in [-0.05, 0) is 22.0 Å². The molecule has 9 heteroatoms. The van der Waals surface area contributed by atoms with Crippen molar-refractivity contribution in [3.63, 3.8) is 0 Å². The Morgan fingerprint density at radius 1 is 1.35 bits per heavy atom. The fraction of sp³-hybridized carbons (Fsp3) is 0.273. The zero-order valence-electron chi connectivity index (χ0n) is 10.2. The Balaban J connectivity index is 2.06. The summed E-state index contributed by atoms with van der Waals surface area (Å²) in [5.74, 6) is -0.208. The molecule has 0 amide bonds. The Kier molecular flexibility index (Phi) is 4.17. The quantitative estimate of drug-likeness (QED) is 0.890. The lowest BCUT2D eigenvalue weighted by molar-refractivity contribution is -0.137. The molecule has 0 saturated carbocycles. The van der Waals surface area contributed by atoms with Crippen LogP contribution in [0.25, 0.3) is 0 Å². The molecule has 0 aliphatic carbocycles. The SMILES string of the molecule is Nc1cnn(CCNc2ncc(Br)cc2C(F)(F)F)c1. The van der Waals surface area contributed by atoms with Crippen LogP contribution in [-0.2, 0) is 12.7 Å². The lowest BCUT2D eigenvalue weighted by Gasteiger charge is -2.13. The van der Waals surface area contributed by atoms with Gasteiger partial charge < -0.3 is 11.1 Å². The molecule has 0 spiro atoms. The minimum Gasteiger partial charge on any atom is -0.396 e. The van der Waals surface area contributed by atoms with Gasteiger partial charge in [-0.2, -0.15) is 18.3 Å². The topological polar surface area (TPSA) is 68.8 Å². The fourth-order valence-corrected chi connectivity index (χ4v) is 1.92. The number of nitrogens with one attached hydrogen (secondary N) is 1. The van der Waals surface area contributed by atoms with Gasteiger partial charge in [-0.15, -0.1) is 0 Å². The predicted octanol–water partition coefficient (Wildman–Crippen LogP) is 2.75. The van der Waals surface area contributed by atoms with Crippen molar-refractivity contribution in [3.8, 4) is 0 Å². The first kappa shape index (κ1) is 14.6. The largest absolute Gasteiger partial charge is 0.419 e. The molecule has 2 rings (SSSR count). The van der Waals surface area contributed by atoms with Gasteiger partial charge in [0, 0.05) is 23.4 Å². The average Bonchev–Trinajstić information content (AvgIpc) is 2.76. The summed E-state index contributed by atoms with van der Waals surface area (Å²) in [4.78, 5) is 3.75. The van der Waals surface area contributed by atoms with Gasteiger partial charge in [0.25, 0.3) is 0 Å². The standard InChI is InChI=1S/C11H11BrF3N5/c12-7-3-9(11(13,14)15)10(18-4-7)17-1-2-20-6-8(16)5-19-20/h3-6H,1-2,16H2,(H,17,18). The van der Waals surface area contributed by atoms with E-state index in [2.05, 4.69) is 31.3 Å². The number of hydrogen-bond donors (Lipinski definition) is 2. The van der Waals surface area contributed by atoms with Gasteiger partial charge in [0.2, 0.25) is 0 Å². The molecular formula is C11H11BrF3N5. The molecule has 5 nitrogen and oxygen atoms in total. The maximum atomic E-state index is 12.8. The second-order valence-electron chi connectivity index (χ2n) is 4.01. The smallest absolute Gasteiger partial charge is 0.396 e. The van der Waals surface area contributed by atoms with Crippen LogP contribution in [0.15, 0.2) is 29.1 Å². The molecule has 0 aliphatic heterocycles. The summed E-state index contributed by atoms with van der Waals surface area (Å²) < 4.78 is 40.4. The van der Waals surface area contributed by atoms with Crippen LogP contribution >= 0.6 is 15.9 Å². The lowest BCUT2D eigenvalue weighted by atomic mass is 10.2. The van der Waals surface area contributed by atoms with Crippen molar-refractivity contribution in [2.45, 2.75) is 12.7 Å². The number of aromatic nitrogens is 3. The van der Waals surface area contributed by atoms with Gasteiger partial charge in [0.05, 0.1) is 24.0 Å². The Morgan fingerprint density at radius 3 is 2.70 bits per heavy atom. The second-order valence-corrected chi connectivity index (χ2v) is 4.93. The molecule has 0 aliphatic rings. The van der Waals surface area contributed by atoms with Crippen molar-refractivity contribution >= 4 is 27.4 Å². The van der Waals surface area contributed by atoms with E-state index < -0.39 is 11.7 Å². The maximum absolute atomic E-state index is 12.8. The van der Waals surface area contributed by atoms with Crippen molar-refractivity contribution in [1.82, 2.24) is 14.8 Å². The maximum Gasteiger partial charge on any atom is 0.419 e. The van der Waals surface area contributed by atoms with Gasteiger partial charge in [0.15, 0.2) is 0 Å². The van der Waals surface area contributed by atoms with Crippen LogP contribution in [0.3, 0.4) is 0 Å². The van der Waals surface area contributed by atoms with Crippen molar-refractivity contribution in [2.24, 2.45) is 0 Å². The Morgan fingerprint density at radius 2 is 2.10 bits per heavy atom. The minimum absolute atomic E-state index is 0.208. The van der Waals surface area contributed by atoms with Gasteiger partial charge >= 0.3 is 6.18 Å². The zero-order chi connectivity index (χ0) is 14.8. The summed E-state index contributed by atoms with van der Waals surface area (Å²) in [7, 11) is 0. The predicted molar refractivity (Wildman–Crippen MR) is 72.1 cm³/mol. The van der Waals surface area contributed by atoms with Crippen molar-refractivity contribution < 1.29 is 13.2 Å². The highest BCUT2D eigenvalue weighted by Crippen LogP contribution is 2.35. The van der Waals surface area contributed by atoms with Gasteiger partial charge in [0.1, 0.15) is 5.82 Å². The fourth-order valence-electron chi connectivity index (χ4n) is 1.59. The van der Waals surface area contributed by atoms with Crippen LogP contribution in [-0.4, -0.2) is 21.3 Å². The first-order chi connectivity index (χ1) is 9.36. The first-order valence-electron chi connectivity index (χ1n) is 5.61. The molecule has 0 saturated heterocycles. The van der Waals surface area contributed by atoms with Crippen LogP contribution in [0.4, 0.5) is 24.7 Å². The average molecular weight is 350 g/mol. The van der Waals surface area contributed by atoms with E-state index in [1.165, 1.54) is 17.1 Å². The number of nitrogens with zero attached hydrogens (tertiary/aromatic N) is 3. The first-order valence-corrected chi connectivity index (χ1v) is 6.40. The van der Waals surface area contributed by atoms with Crippen LogP contribution in [0.1, 0.15) is 5.56 Å². The van der Waals surface area contributed by atoms with E-state index in [1.54, 1.807) is 6.20 Å². The molecule has 0 radical (unpaired) electrons. The number of pyridine rings is 1. The summed E-state index contributed by atoms with van der Waals surface area (Å²) in [6.45, 7) is 0.630. The molecule has 108 valence electrons. The van der Waals surface area contributed by atoms with Crippen LogP contribution in [0.2, 0.25) is 0 Å². The molecule has 0 unspecified atom stereocenters. The van der Waals surface area contributed by atoms with E-state index in [0.717, 1.165) is 6.07 Å². The molecule has 2 aromatic heterocycles. The van der Waals surface area contributed by atoms with E-state index in [4.69, 9.17) is 5.73 Å². The lowest BCUT2D eigenvalue weighted by Crippen LogP contribution is -2.16. The third-order valence-electron chi connectivity index (χ3n) is 2.45. The zero-order valence-corrected chi connectivity index (χ0v) is 11.7. The van der Waals surface area contributed by atoms with Crippen LogP contribution in [0, 0.1) is 0 Å². The van der Waals surface area contributed by atoms with E-state index >= 15 is 0 Å². The third kappa shape index (κ3) is 3.62. The molecular weight excluding hydrogens is 339 g/mol. The summed E-state index contributed by atoms with van der Waals surface area (Å²) in [5.41, 5.74) is 5.18. The highest BCUT2D eigenvalue weighted by atomic mass is 79.9. The number of hydrogen-bond acceptors (Lipinski definition) is 4.